The van der Waals surface area contributed by atoms with E-state index in [-0.39, 0.29) is 28.1 Å². The maximum atomic E-state index is 14.9. The molecule has 0 aliphatic carbocycles. The first-order valence-electron chi connectivity index (χ1n) is 11.5. The van der Waals surface area contributed by atoms with Gasteiger partial charge in [0.05, 0.1) is 34.8 Å². The summed E-state index contributed by atoms with van der Waals surface area (Å²) in [7, 11) is -3.94. The number of hydrogen-bond donors (Lipinski definition) is 1. The number of imidazole rings is 1. The van der Waals surface area contributed by atoms with Gasteiger partial charge in [-0.3, -0.25) is 4.57 Å². The van der Waals surface area contributed by atoms with Crippen LogP contribution in [0.5, 0.6) is 0 Å². The molecule has 0 amide bonds. The van der Waals surface area contributed by atoms with Crippen molar-refractivity contribution in [2.45, 2.75) is 17.7 Å². The highest BCUT2D eigenvalue weighted by Gasteiger charge is 2.35. The molecular formula is C26H17Cl2F4N5O3S. The summed E-state index contributed by atoms with van der Waals surface area (Å²) in [5, 5.41) is 17.6. The molecule has 8 nitrogen and oxygen atoms in total. The molecule has 0 fully saturated rings. The van der Waals surface area contributed by atoms with Crippen LogP contribution in [0.1, 0.15) is 11.3 Å². The summed E-state index contributed by atoms with van der Waals surface area (Å²) < 4.78 is 82.3. The normalized spacial score (nSPS) is 12.2. The third-order valence-electron chi connectivity index (χ3n) is 6.15. The molecule has 5 rings (SSSR count). The molecule has 0 spiro atoms. The van der Waals surface area contributed by atoms with E-state index in [1.807, 2.05) is 0 Å². The smallest absolute Gasteiger partial charge is 0.392 e. The number of halogens is 6. The predicted octanol–water partition coefficient (Wildman–Crippen LogP) is 6.15. The average Bonchev–Trinajstić information content (AvgIpc) is 3.55. The second-order valence-electron chi connectivity index (χ2n) is 8.87. The predicted molar refractivity (Wildman–Crippen MR) is 143 cm³/mol. The first-order chi connectivity index (χ1) is 19.3. The molecule has 212 valence electrons. The highest BCUT2D eigenvalue weighted by atomic mass is 35.5. The minimum absolute atomic E-state index is 0.109. The van der Waals surface area contributed by atoms with Gasteiger partial charge in [0.15, 0.2) is 15.5 Å². The minimum atomic E-state index is -4.77. The number of benzene rings is 3. The van der Waals surface area contributed by atoms with E-state index in [1.165, 1.54) is 35.1 Å². The summed E-state index contributed by atoms with van der Waals surface area (Å²) >= 11 is 12.1. The van der Waals surface area contributed by atoms with Crippen molar-refractivity contribution in [1.82, 2.24) is 24.5 Å². The zero-order chi connectivity index (χ0) is 29.7. The summed E-state index contributed by atoms with van der Waals surface area (Å²) in [5.41, 5.74) is 0.0827. The van der Waals surface area contributed by atoms with E-state index in [9.17, 15) is 31.1 Å². The fraction of sp³-hybridized carbons (Fsp3) is 0.115. The second kappa shape index (κ2) is 10.6. The van der Waals surface area contributed by atoms with E-state index in [4.69, 9.17) is 23.2 Å². The molecule has 15 heteroatoms. The third-order valence-corrected chi connectivity index (χ3v) is 7.83. The highest BCUT2D eigenvalue weighted by molar-refractivity contribution is 7.90. The van der Waals surface area contributed by atoms with E-state index in [2.05, 4.69) is 15.3 Å². The van der Waals surface area contributed by atoms with Gasteiger partial charge in [0.2, 0.25) is 5.28 Å². The summed E-state index contributed by atoms with van der Waals surface area (Å²) in [6, 6.07) is 13.2. The average molecular weight is 626 g/mol. The van der Waals surface area contributed by atoms with Crippen LogP contribution in [0.4, 0.5) is 17.6 Å². The van der Waals surface area contributed by atoms with Crippen molar-refractivity contribution < 1.29 is 31.1 Å². The Morgan fingerprint density at radius 1 is 0.951 bits per heavy atom. The number of aliphatic hydroxyl groups excluding tert-OH is 1. The lowest BCUT2D eigenvalue weighted by atomic mass is 10.0. The molecule has 2 heterocycles. The Morgan fingerprint density at radius 2 is 1.63 bits per heavy atom. The lowest BCUT2D eigenvalue weighted by molar-refractivity contribution is -0.140. The molecule has 41 heavy (non-hydrogen) atoms. The van der Waals surface area contributed by atoms with Crippen molar-refractivity contribution >= 4 is 33.0 Å². The van der Waals surface area contributed by atoms with Crippen LogP contribution >= 0.6 is 23.2 Å². The van der Waals surface area contributed by atoms with Crippen LogP contribution in [0.2, 0.25) is 10.3 Å². The number of aliphatic hydroxyl groups is 1. The Kier molecular flexibility index (Phi) is 7.40. The number of aromatic nitrogens is 5. The van der Waals surface area contributed by atoms with Crippen molar-refractivity contribution in [2.24, 2.45) is 0 Å². The van der Waals surface area contributed by atoms with Gasteiger partial charge in [-0.1, -0.05) is 35.0 Å². The molecule has 0 radical (unpaired) electrons. The van der Waals surface area contributed by atoms with Crippen LogP contribution in [-0.4, -0.2) is 44.3 Å². The topological polar surface area (TPSA) is 103 Å². The van der Waals surface area contributed by atoms with Crippen LogP contribution in [0.3, 0.4) is 0 Å². The van der Waals surface area contributed by atoms with Crippen LogP contribution in [0.25, 0.3) is 33.8 Å². The zero-order valence-corrected chi connectivity index (χ0v) is 23.1. The van der Waals surface area contributed by atoms with Crippen molar-refractivity contribution in [3.8, 4) is 33.8 Å². The van der Waals surface area contributed by atoms with Gasteiger partial charge in [-0.25, -0.2) is 22.5 Å². The number of sulfone groups is 1. The molecular weight excluding hydrogens is 609 g/mol. The summed E-state index contributed by atoms with van der Waals surface area (Å²) in [6.45, 7) is -0.844. The lowest BCUT2D eigenvalue weighted by Gasteiger charge is -2.16. The molecule has 0 saturated heterocycles. The van der Waals surface area contributed by atoms with E-state index >= 15 is 0 Å². The highest BCUT2D eigenvalue weighted by Crippen LogP contribution is 2.36. The first-order valence-corrected chi connectivity index (χ1v) is 14.2. The van der Waals surface area contributed by atoms with Crippen LogP contribution in [0.15, 0.2) is 71.9 Å². The monoisotopic (exact) mass is 625 g/mol. The standard InChI is InChI=1S/C26H17Cl2F4N5O3S/c1-41(39,40)23-10-16(8-19(29)18(23)13-38)15-4-7-20(36-12-24(26(30,31)32)34-25(36)28)21(9-15)37-22(11-33-35-37)14-2-5-17(27)6-3-14/h2-12,38H,13H2,1H3. The minimum Gasteiger partial charge on any atom is -0.392 e. The maximum absolute atomic E-state index is 14.9. The third kappa shape index (κ3) is 5.58. The van der Waals surface area contributed by atoms with Crippen LogP contribution in [0, 0.1) is 5.82 Å². The molecule has 0 bridgehead atoms. The molecule has 0 aliphatic heterocycles. The fourth-order valence-corrected chi connectivity index (χ4v) is 5.54. The van der Waals surface area contributed by atoms with Crippen LogP contribution in [-0.2, 0) is 22.6 Å². The van der Waals surface area contributed by atoms with Gasteiger partial charge in [-0.05, 0) is 59.1 Å². The number of nitrogens with zero attached hydrogens (tertiary/aromatic N) is 5. The molecule has 0 aliphatic rings. The Labute approximate surface area is 240 Å². The SMILES string of the molecule is CS(=O)(=O)c1cc(-c2ccc(-n3cc(C(F)(F)F)nc3Cl)c(-n3nncc3-c3ccc(Cl)cc3)c2)cc(F)c1CO. The lowest BCUT2D eigenvalue weighted by Crippen LogP contribution is -2.08. The van der Waals surface area contributed by atoms with Crippen molar-refractivity contribution in [2.75, 3.05) is 6.26 Å². The molecule has 3 aromatic carbocycles. The quantitative estimate of drug-likeness (QED) is 0.227. The van der Waals surface area contributed by atoms with E-state index in [0.717, 1.165) is 23.1 Å². The molecule has 5 aromatic rings. The van der Waals surface area contributed by atoms with Gasteiger partial charge in [-0.2, -0.15) is 13.2 Å². The Bertz CT molecular complexity index is 1890. The molecule has 2 aromatic heterocycles. The van der Waals surface area contributed by atoms with Crippen molar-refractivity contribution in [1.29, 1.82) is 0 Å². The summed E-state index contributed by atoms with van der Waals surface area (Å²) in [6.07, 6.45) is -1.75. The molecule has 0 saturated carbocycles. The fourth-order valence-electron chi connectivity index (χ4n) is 4.23. The zero-order valence-electron chi connectivity index (χ0n) is 20.7. The summed E-state index contributed by atoms with van der Waals surface area (Å²) in [5.74, 6) is -0.953. The second-order valence-corrected chi connectivity index (χ2v) is 11.6. The van der Waals surface area contributed by atoms with E-state index in [1.54, 1.807) is 24.3 Å². The molecule has 1 N–H and O–H groups in total. The van der Waals surface area contributed by atoms with Gasteiger partial charge >= 0.3 is 6.18 Å². The van der Waals surface area contributed by atoms with Gasteiger partial charge in [0, 0.05) is 28.6 Å². The van der Waals surface area contributed by atoms with Gasteiger partial charge in [0.25, 0.3) is 0 Å². The molecule has 0 atom stereocenters. The Morgan fingerprint density at radius 3 is 2.24 bits per heavy atom. The van der Waals surface area contributed by atoms with Crippen molar-refractivity contribution in [3.05, 3.63) is 94.4 Å². The Balaban J connectivity index is 1.78. The van der Waals surface area contributed by atoms with Gasteiger partial charge in [0.1, 0.15) is 5.82 Å². The number of hydrogen-bond acceptors (Lipinski definition) is 6. The Hall–Kier alpha value is -3.78. The van der Waals surface area contributed by atoms with Crippen LogP contribution < -0.4 is 0 Å². The number of alkyl halides is 3. The first kappa shape index (κ1) is 28.7. The largest absolute Gasteiger partial charge is 0.434 e. The van der Waals surface area contributed by atoms with E-state index < -0.39 is 44.3 Å². The summed E-state index contributed by atoms with van der Waals surface area (Å²) in [4.78, 5) is 3.02. The number of rotatable bonds is 6. The van der Waals surface area contributed by atoms with Gasteiger partial charge < -0.3 is 5.11 Å². The molecule has 0 unspecified atom stereocenters. The maximum Gasteiger partial charge on any atom is 0.434 e. The van der Waals surface area contributed by atoms with Gasteiger partial charge in [-0.15, -0.1) is 5.10 Å². The van der Waals surface area contributed by atoms with E-state index in [0.29, 0.717) is 16.3 Å². The van der Waals surface area contributed by atoms with Crippen molar-refractivity contribution in [3.63, 3.8) is 0 Å².